The van der Waals surface area contributed by atoms with Crippen molar-refractivity contribution < 1.29 is 13.5 Å². The number of rotatable bonds is 5. The van der Waals surface area contributed by atoms with Crippen LogP contribution in [0.1, 0.15) is 6.92 Å². The topological polar surface area (TPSA) is 92.4 Å². The lowest BCUT2D eigenvalue weighted by Gasteiger charge is -2.15. The van der Waals surface area contributed by atoms with E-state index in [9.17, 15) is 13.5 Å². The minimum Gasteiger partial charge on any atom is -0.392 e. The van der Waals surface area contributed by atoms with Gasteiger partial charge >= 0.3 is 0 Å². The third kappa shape index (κ3) is 3.34. The van der Waals surface area contributed by atoms with Crippen LogP contribution in [0.2, 0.25) is 0 Å². The van der Waals surface area contributed by atoms with Crippen LogP contribution in [0.4, 0.5) is 0 Å². The van der Waals surface area contributed by atoms with E-state index >= 15 is 0 Å². The zero-order valence-electron chi connectivity index (χ0n) is 11.2. The molecule has 0 spiro atoms. The van der Waals surface area contributed by atoms with E-state index in [1.54, 1.807) is 18.2 Å². The molecule has 0 heterocycles. The van der Waals surface area contributed by atoms with Crippen LogP contribution in [0.15, 0.2) is 47.4 Å². The molecule has 6 heteroatoms. The van der Waals surface area contributed by atoms with Crippen molar-refractivity contribution >= 4 is 20.8 Å². The Balaban J connectivity index is 2.23. The van der Waals surface area contributed by atoms with Gasteiger partial charge < -0.3 is 10.8 Å². The van der Waals surface area contributed by atoms with E-state index < -0.39 is 22.2 Å². The van der Waals surface area contributed by atoms with Gasteiger partial charge in [0, 0.05) is 12.6 Å². The molecule has 2 aromatic carbocycles. The average Bonchev–Trinajstić information content (AvgIpc) is 2.44. The Labute approximate surface area is 118 Å². The van der Waals surface area contributed by atoms with Gasteiger partial charge in [-0.05, 0) is 29.8 Å². The second kappa shape index (κ2) is 5.88. The van der Waals surface area contributed by atoms with Gasteiger partial charge in [-0.2, -0.15) is 0 Å². The monoisotopic (exact) mass is 294 g/mol. The third-order valence-electron chi connectivity index (χ3n) is 3.16. The second-order valence-corrected chi connectivity index (χ2v) is 6.53. The van der Waals surface area contributed by atoms with Gasteiger partial charge in [0.05, 0.1) is 11.0 Å². The molecule has 0 fully saturated rings. The van der Waals surface area contributed by atoms with E-state index in [2.05, 4.69) is 4.72 Å². The molecule has 0 radical (unpaired) electrons. The van der Waals surface area contributed by atoms with Crippen LogP contribution < -0.4 is 10.5 Å². The fraction of sp³-hybridized carbons (Fsp3) is 0.286. The van der Waals surface area contributed by atoms with Gasteiger partial charge in [-0.15, -0.1) is 0 Å². The molecule has 20 heavy (non-hydrogen) atoms. The molecule has 0 bridgehead atoms. The summed E-state index contributed by atoms with van der Waals surface area (Å²) in [4.78, 5) is 0.189. The van der Waals surface area contributed by atoms with Crippen molar-refractivity contribution in [3.8, 4) is 0 Å². The first-order valence-electron chi connectivity index (χ1n) is 6.32. The lowest BCUT2D eigenvalue weighted by Crippen LogP contribution is -2.43. The molecule has 2 unspecified atom stereocenters. The molecule has 5 nitrogen and oxygen atoms in total. The van der Waals surface area contributed by atoms with Crippen molar-refractivity contribution in [1.29, 1.82) is 0 Å². The highest BCUT2D eigenvalue weighted by atomic mass is 32.2. The van der Waals surface area contributed by atoms with Gasteiger partial charge in [-0.3, -0.25) is 0 Å². The van der Waals surface area contributed by atoms with Crippen LogP contribution >= 0.6 is 0 Å². The minimum atomic E-state index is -3.62. The number of nitrogens with one attached hydrogen (secondary N) is 1. The Kier molecular flexibility index (Phi) is 4.39. The predicted octanol–water partition coefficient (Wildman–Crippen LogP) is 0.826. The van der Waals surface area contributed by atoms with Gasteiger partial charge in [0.15, 0.2) is 0 Å². The third-order valence-corrected chi connectivity index (χ3v) is 4.58. The quantitative estimate of drug-likeness (QED) is 0.761. The first-order valence-corrected chi connectivity index (χ1v) is 7.80. The van der Waals surface area contributed by atoms with E-state index in [-0.39, 0.29) is 11.4 Å². The molecule has 0 aliphatic heterocycles. The summed E-state index contributed by atoms with van der Waals surface area (Å²) in [5.41, 5.74) is 5.62. The fourth-order valence-electron chi connectivity index (χ4n) is 1.79. The van der Waals surface area contributed by atoms with E-state index in [0.717, 1.165) is 10.8 Å². The van der Waals surface area contributed by atoms with E-state index in [1.807, 2.05) is 24.3 Å². The highest BCUT2D eigenvalue weighted by Crippen LogP contribution is 2.18. The normalized spacial score (nSPS) is 15.2. The molecule has 0 saturated heterocycles. The number of hydrogen-bond acceptors (Lipinski definition) is 4. The number of hydrogen-bond donors (Lipinski definition) is 3. The maximum Gasteiger partial charge on any atom is 0.240 e. The molecule has 2 aromatic rings. The van der Waals surface area contributed by atoms with Crippen LogP contribution in [0.3, 0.4) is 0 Å². The predicted molar refractivity (Wildman–Crippen MR) is 78.8 cm³/mol. The van der Waals surface area contributed by atoms with Crippen LogP contribution in [0.5, 0.6) is 0 Å². The maximum atomic E-state index is 12.2. The first-order chi connectivity index (χ1) is 9.40. The standard InChI is InChI=1S/C14H18N2O3S/c1-10(17)14(15)9-16-20(18,19)13-7-6-11-4-2-3-5-12(11)8-13/h2-8,10,14,16-17H,9,15H2,1H3. The first kappa shape index (κ1) is 14.9. The molecular formula is C14H18N2O3S. The summed E-state index contributed by atoms with van der Waals surface area (Å²) in [5.74, 6) is 0. The molecule has 0 saturated carbocycles. The van der Waals surface area contributed by atoms with Crippen LogP contribution in [-0.4, -0.2) is 32.2 Å². The van der Waals surface area contributed by atoms with Crippen molar-refractivity contribution in [2.75, 3.05) is 6.54 Å². The zero-order chi connectivity index (χ0) is 14.8. The summed E-state index contributed by atoms with van der Waals surface area (Å²) in [6, 6.07) is 11.8. The maximum absolute atomic E-state index is 12.2. The van der Waals surface area contributed by atoms with Crippen LogP contribution in [-0.2, 0) is 10.0 Å². The Morgan fingerprint density at radius 1 is 1.20 bits per heavy atom. The van der Waals surface area contributed by atoms with Crippen molar-refractivity contribution in [3.05, 3.63) is 42.5 Å². The minimum absolute atomic E-state index is 0.00712. The van der Waals surface area contributed by atoms with E-state index in [1.165, 1.54) is 6.92 Å². The summed E-state index contributed by atoms with van der Waals surface area (Å²) in [5, 5.41) is 11.1. The van der Waals surface area contributed by atoms with Gasteiger partial charge in [-0.25, -0.2) is 13.1 Å². The lowest BCUT2D eigenvalue weighted by atomic mass is 10.1. The molecule has 2 rings (SSSR count). The zero-order valence-corrected chi connectivity index (χ0v) is 12.0. The van der Waals surface area contributed by atoms with Crippen molar-refractivity contribution in [2.24, 2.45) is 5.73 Å². The number of fused-ring (bicyclic) bond motifs is 1. The number of aliphatic hydroxyl groups excluding tert-OH is 1. The van der Waals surface area contributed by atoms with Crippen LogP contribution in [0.25, 0.3) is 10.8 Å². The molecule has 108 valence electrons. The number of benzene rings is 2. The van der Waals surface area contributed by atoms with Gasteiger partial charge in [-0.1, -0.05) is 30.3 Å². The summed E-state index contributed by atoms with van der Waals surface area (Å²) in [6.45, 7) is 1.52. The van der Waals surface area contributed by atoms with Crippen molar-refractivity contribution in [3.63, 3.8) is 0 Å². The second-order valence-electron chi connectivity index (χ2n) is 4.77. The number of sulfonamides is 1. The fourth-order valence-corrected chi connectivity index (χ4v) is 2.90. The highest BCUT2D eigenvalue weighted by molar-refractivity contribution is 7.89. The Morgan fingerprint density at radius 2 is 1.85 bits per heavy atom. The molecule has 4 N–H and O–H groups in total. The molecule has 0 aromatic heterocycles. The number of nitrogens with two attached hydrogens (primary N) is 1. The summed E-state index contributed by atoms with van der Waals surface area (Å²) in [7, 11) is -3.62. The highest BCUT2D eigenvalue weighted by Gasteiger charge is 2.17. The van der Waals surface area contributed by atoms with E-state index in [0.29, 0.717) is 0 Å². The molecule has 0 aliphatic rings. The molecule has 0 amide bonds. The van der Waals surface area contributed by atoms with E-state index in [4.69, 9.17) is 5.73 Å². The Morgan fingerprint density at radius 3 is 2.50 bits per heavy atom. The van der Waals surface area contributed by atoms with Gasteiger partial charge in [0.2, 0.25) is 10.0 Å². The molecular weight excluding hydrogens is 276 g/mol. The summed E-state index contributed by atoms with van der Waals surface area (Å²) in [6.07, 6.45) is -0.769. The van der Waals surface area contributed by atoms with Gasteiger partial charge in [0.25, 0.3) is 0 Å². The van der Waals surface area contributed by atoms with Gasteiger partial charge in [0.1, 0.15) is 0 Å². The summed E-state index contributed by atoms with van der Waals surface area (Å²) < 4.78 is 26.7. The van der Waals surface area contributed by atoms with Crippen LogP contribution in [0, 0.1) is 0 Å². The summed E-state index contributed by atoms with van der Waals surface area (Å²) >= 11 is 0. The van der Waals surface area contributed by atoms with Crippen molar-refractivity contribution in [2.45, 2.75) is 24.0 Å². The smallest absolute Gasteiger partial charge is 0.240 e. The molecule has 2 atom stereocenters. The molecule has 0 aliphatic carbocycles. The van der Waals surface area contributed by atoms with Crippen molar-refractivity contribution in [1.82, 2.24) is 4.72 Å². The largest absolute Gasteiger partial charge is 0.392 e. The Hall–Kier alpha value is -1.47. The SMILES string of the molecule is CC(O)C(N)CNS(=O)(=O)c1ccc2ccccc2c1. The number of aliphatic hydroxyl groups is 1. The average molecular weight is 294 g/mol. The lowest BCUT2D eigenvalue weighted by molar-refractivity contribution is 0.164. The Bertz CT molecular complexity index is 698.